The monoisotopic (exact) mass is 364 g/mol. The fraction of sp³-hybridized carbons (Fsp3) is 0.462. The van der Waals surface area contributed by atoms with Gasteiger partial charge in [-0.3, -0.25) is 4.79 Å². The fourth-order valence-corrected chi connectivity index (χ4v) is 4.82. The highest BCUT2D eigenvalue weighted by atomic mass is 79.9. The Bertz CT molecular complexity index is 629. The molecule has 4 nitrogen and oxygen atoms in total. The van der Waals surface area contributed by atoms with Crippen LogP contribution >= 0.6 is 15.9 Å². The molecule has 0 saturated carbocycles. The van der Waals surface area contributed by atoms with Crippen LogP contribution in [0.3, 0.4) is 0 Å². The van der Waals surface area contributed by atoms with Crippen LogP contribution in [-0.4, -0.2) is 31.0 Å². The molecule has 1 aliphatic heterocycles. The molecule has 110 valence electrons. The molecule has 1 aromatic carbocycles. The number of aliphatic carboxylic acids is 1. The van der Waals surface area contributed by atoms with Crippen molar-refractivity contribution in [2.75, 3.05) is 11.5 Å². The summed E-state index contributed by atoms with van der Waals surface area (Å²) in [6.07, 6.45) is 0.579. The largest absolute Gasteiger partial charge is 0.481 e. The molecule has 0 aliphatic carbocycles. The summed E-state index contributed by atoms with van der Waals surface area (Å²) in [6.45, 7) is 0. The van der Waals surface area contributed by atoms with Crippen LogP contribution in [0.15, 0.2) is 22.7 Å². The summed E-state index contributed by atoms with van der Waals surface area (Å²) in [5.41, 5.74) is 0.676. The molecule has 0 radical (unpaired) electrons. The molecular formula is C13H14BrFO4S. The fourth-order valence-electron chi connectivity index (χ4n) is 2.52. The van der Waals surface area contributed by atoms with Crippen molar-refractivity contribution in [1.29, 1.82) is 0 Å². The van der Waals surface area contributed by atoms with Gasteiger partial charge in [-0.2, -0.15) is 0 Å². The lowest BCUT2D eigenvalue weighted by Crippen LogP contribution is -2.26. The Kier molecular flexibility index (Phi) is 4.49. The summed E-state index contributed by atoms with van der Waals surface area (Å²) in [6, 6.07) is 4.33. The van der Waals surface area contributed by atoms with E-state index in [1.54, 1.807) is 0 Å². The van der Waals surface area contributed by atoms with Crippen molar-refractivity contribution < 1.29 is 22.7 Å². The minimum atomic E-state index is -3.11. The molecule has 1 N–H and O–H groups in total. The average Bonchev–Trinajstić information content (AvgIpc) is 2.70. The number of carboxylic acids is 1. The van der Waals surface area contributed by atoms with Gasteiger partial charge in [-0.05, 0) is 52.4 Å². The number of halogens is 2. The predicted molar refractivity (Wildman–Crippen MR) is 75.7 cm³/mol. The van der Waals surface area contributed by atoms with Crippen LogP contribution in [0.4, 0.5) is 4.39 Å². The van der Waals surface area contributed by atoms with Crippen LogP contribution < -0.4 is 0 Å². The van der Waals surface area contributed by atoms with Crippen LogP contribution in [0.5, 0.6) is 0 Å². The Labute approximate surface area is 125 Å². The number of hydrogen-bond acceptors (Lipinski definition) is 3. The lowest BCUT2D eigenvalue weighted by Gasteiger charge is -2.18. The molecule has 0 aromatic heterocycles. The molecule has 1 aromatic rings. The number of hydrogen-bond donors (Lipinski definition) is 1. The maximum atomic E-state index is 13.2. The van der Waals surface area contributed by atoms with Crippen molar-refractivity contribution in [1.82, 2.24) is 0 Å². The highest BCUT2D eigenvalue weighted by molar-refractivity contribution is 9.10. The first kappa shape index (κ1) is 15.4. The molecule has 7 heteroatoms. The first-order valence-electron chi connectivity index (χ1n) is 6.15. The molecule has 20 heavy (non-hydrogen) atoms. The van der Waals surface area contributed by atoms with E-state index >= 15 is 0 Å². The van der Waals surface area contributed by atoms with Crippen molar-refractivity contribution in [2.24, 2.45) is 11.8 Å². The minimum Gasteiger partial charge on any atom is -0.481 e. The van der Waals surface area contributed by atoms with Gasteiger partial charge in [0.15, 0.2) is 9.84 Å². The maximum Gasteiger partial charge on any atom is 0.307 e. The second-order valence-corrected chi connectivity index (χ2v) is 8.14. The van der Waals surface area contributed by atoms with Crippen molar-refractivity contribution in [3.8, 4) is 0 Å². The molecule has 1 aliphatic rings. The van der Waals surface area contributed by atoms with Crippen LogP contribution in [0, 0.1) is 17.7 Å². The van der Waals surface area contributed by atoms with Crippen molar-refractivity contribution in [3.63, 3.8) is 0 Å². The van der Waals surface area contributed by atoms with Crippen LogP contribution in [0.25, 0.3) is 0 Å². The van der Waals surface area contributed by atoms with Gasteiger partial charge in [0.25, 0.3) is 0 Å². The normalized spacial score (nSPS) is 22.6. The second-order valence-electron chi connectivity index (χ2n) is 5.06. The molecule has 0 spiro atoms. The van der Waals surface area contributed by atoms with Gasteiger partial charge in [-0.15, -0.1) is 0 Å². The van der Waals surface area contributed by atoms with Gasteiger partial charge >= 0.3 is 5.97 Å². The average molecular weight is 365 g/mol. The number of benzene rings is 1. The van der Waals surface area contributed by atoms with E-state index in [4.69, 9.17) is 0 Å². The molecule has 1 heterocycles. The number of carbonyl (C=O) groups is 1. The first-order valence-corrected chi connectivity index (χ1v) is 8.77. The van der Waals surface area contributed by atoms with E-state index in [1.807, 2.05) is 0 Å². The Morgan fingerprint density at radius 3 is 2.70 bits per heavy atom. The Morgan fingerprint density at radius 2 is 2.20 bits per heavy atom. The quantitative estimate of drug-likeness (QED) is 0.889. The van der Waals surface area contributed by atoms with E-state index in [1.165, 1.54) is 18.2 Å². The van der Waals surface area contributed by atoms with Crippen molar-refractivity contribution in [3.05, 3.63) is 34.1 Å². The highest BCUT2D eigenvalue weighted by Gasteiger charge is 2.37. The zero-order valence-electron chi connectivity index (χ0n) is 10.6. The van der Waals surface area contributed by atoms with Gasteiger partial charge in [0, 0.05) is 0 Å². The maximum absolute atomic E-state index is 13.2. The van der Waals surface area contributed by atoms with Crippen LogP contribution in [-0.2, 0) is 21.1 Å². The summed E-state index contributed by atoms with van der Waals surface area (Å²) >= 11 is 3.06. The number of rotatable bonds is 4. The Hall–Kier alpha value is -0.950. The second kappa shape index (κ2) is 5.81. The lowest BCUT2D eigenvalue weighted by atomic mass is 9.86. The molecule has 2 unspecified atom stereocenters. The topological polar surface area (TPSA) is 71.4 Å². The molecule has 0 amide bonds. The number of sulfone groups is 1. The molecule has 0 bridgehead atoms. The first-order chi connectivity index (χ1) is 9.28. The van der Waals surface area contributed by atoms with Gasteiger partial charge in [0.1, 0.15) is 5.82 Å². The van der Waals surface area contributed by atoms with E-state index in [9.17, 15) is 22.7 Å². The third kappa shape index (κ3) is 3.58. The lowest BCUT2D eigenvalue weighted by molar-refractivity contribution is -0.143. The van der Waals surface area contributed by atoms with Gasteiger partial charge in [-0.1, -0.05) is 6.07 Å². The van der Waals surface area contributed by atoms with Gasteiger partial charge in [0.2, 0.25) is 0 Å². The number of carboxylic acid groups (broad SMARTS) is 1. The SMILES string of the molecule is O=C(O)C(Cc1ccc(F)c(Br)c1)C1CCS(=O)(=O)C1. The minimum absolute atomic E-state index is 0.0502. The van der Waals surface area contributed by atoms with E-state index in [0.717, 1.165) is 0 Å². The summed E-state index contributed by atoms with van der Waals surface area (Å²) in [5.74, 6) is -2.58. The molecule has 1 saturated heterocycles. The van der Waals surface area contributed by atoms with Crippen molar-refractivity contribution in [2.45, 2.75) is 12.8 Å². The molecular weight excluding hydrogens is 351 g/mol. The highest BCUT2D eigenvalue weighted by Crippen LogP contribution is 2.29. The van der Waals surface area contributed by atoms with Crippen LogP contribution in [0.1, 0.15) is 12.0 Å². The zero-order valence-corrected chi connectivity index (χ0v) is 13.0. The molecule has 2 rings (SSSR count). The molecule has 1 fully saturated rings. The van der Waals surface area contributed by atoms with E-state index in [-0.39, 0.29) is 28.3 Å². The summed E-state index contributed by atoms with van der Waals surface area (Å²) < 4.78 is 36.4. The summed E-state index contributed by atoms with van der Waals surface area (Å²) in [5, 5.41) is 9.31. The zero-order chi connectivity index (χ0) is 14.9. The van der Waals surface area contributed by atoms with E-state index < -0.39 is 27.5 Å². The third-order valence-electron chi connectivity index (χ3n) is 3.59. The molecule has 2 atom stereocenters. The van der Waals surface area contributed by atoms with E-state index in [2.05, 4.69) is 15.9 Å². The predicted octanol–water partition coefficient (Wildman–Crippen LogP) is 2.27. The summed E-state index contributed by atoms with van der Waals surface area (Å²) in [4.78, 5) is 11.4. The summed E-state index contributed by atoms with van der Waals surface area (Å²) in [7, 11) is -3.11. The Morgan fingerprint density at radius 1 is 1.50 bits per heavy atom. The van der Waals surface area contributed by atoms with Gasteiger partial charge in [-0.25, -0.2) is 12.8 Å². The Balaban J connectivity index is 2.18. The van der Waals surface area contributed by atoms with E-state index in [0.29, 0.717) is 12.0 Å². The van der Waals surface area contributed by atoms with Crippen LogP contribution in [0.2, 0.25) is 0 Å². The standard InChI is InChI=1S/C13H14BrFO4S/c14-11-6-8(1-2-12(11)15)5-10(13(16)17)9-3-4-20(18,19)7-9/h1-2,6,9-10H,3-5,7H2,(H,16,17). The van der Waals surface area contributed by atoms with Gasteiger partial charge < -0.3 is 5.11 Å². The van der Waals surface area contributed by atoms with Crippen molar-refractivity contribution >= 4 is 31.7 Å². The van der Waals surface area contributed by atoms with Gasteiger partial charge in [0.05, 0.1) is 21.9 Å². The third-order valence-corrected chi connectivity index (χ3v) is 5.99. The smallest absolute Gasteiger partial charge is 0.307 e.